The van der Waals surface area contributed by atoms with Crippen LogP contribution >= 0.6 is 0 Å². The number of nitrogens with zero attached hydrogens (tertiary/aromatic N) is 1. The number of carbonyl (C=O) groups is 5. The van der Waals surface area contributed by atoms with Crippen LogP contribution in [-0.4, -0.2) is 48.3 Å². The van der Waals surface area contributed by atoms with Gasteiger partial charge in [-0.25, -0.2) is 4.79 Å². The molecule has 1 aliphatic rings. The Morgan fingerprint density at radius 2 is 1.77 bits per heavy atom. The van der Waals surface area contributed by atoms with Gasteiger partial charge in [0.2, 0.25) is 0 Å². The van der Waals surface area contributed by atoms with Crippen molar-refractivity contribution in [2.45, 2.75) is 32.9 Å². The quantitative estimate of drug-likeness (QED) is 0.578. The zero-order valence-electron chi connectivity index (χ0n) is 14.6. The van der Waals surface area contributed by atoms with Crippen LogP contribution in [0.4, 0.5) is 10.5 Å². The molecule has 2 rings (SSSR count). The van der Waals surface area contributed by atoms with Crippen molar-refractivity contribution in [3.8, 4) is 0 Å². The standard InChI is InChI=1S/C17H19N3O6/c1-9(2)18-17(25)19-15(23)10(3)26-13(21)8-20-12-7-5-4-6-11(12)14(22)16(20)24/h4-7,9-10H,8H2,1-3H3,(H2,18,19,23,25)/t10-/m0/s1. The fraction of sp³-hybridized carbons (Fsp3) is 0.353. The molecule has 1 aromatic rings. The third kappa shape index (κ3) is 4.24. The van der Waals surface area contributed by atoms with E-state index in [0.29, 0.717) is 5.69 Å². The van der Waals surface area contributed by atoms with E-state index in [-0.39, 0.29) is 11.6 Å². The summed E-state index contributed by atoms with van der Waals surface area (Å²) in [4.78, 5) is 60.2. The minimum atomic E-state index is -1.25. The van der Waals surface area contributed by atoms with Crippen molar-refractivity contribution in [1.82, 2.24) is 10.6 Å². The molecule has 1 aromatic carbocycles. The van der Waals surface area contributed by atoms with Crippen LogP contribution in [0, 0.1) is 0 Å². The highest BCUT2D eigenvalue weighted by molar-refractivity contribution is 6.52. The molecule has 1 heterocycles. The summed E-state index contributed by atoms with van der Waals surface area (Å²) in [6.07, 6.45) is -1.25. The number of amides is 4. The van der Waals surface area contributed by atoms with E-state index >= 15 is 0 Å². The molecule has 1 atom stereocenters. The first-order chi connectivity index (χ1) is 12.2. The van der Waals surface area contributed by atoms with Gasteiger partial charge in [0.15, 0.2) is 6.10 Å². The minimum Gasteiger partial charge on any atom is -0.451 e. The van der Waals surface area contributed by atoms with E-state index in [1.165, 1.54) is 19.1 Å². The van der Waals surface area contributed by atoms with Gasteiger partial charge in [-0.3, -0.25) is 29.4 Å². The number of esters is 1. The molecule has 9 nitrogen and oxygen atoms in total. The van der Waals surface area contributed by atoms with Gasteiger partial charge in [-0.1, -0.05) is 12.1 Å². The fourth-order valence-electron chi connectivity index (χ4n) is 2.33. The van der Waals surface area contributed by atoms with Crippen LogP contribution < -0.4 is 15.5 Å². The molecular weight excluding hydrogens is 342 g/mol. The minimum absolute atomic E-state index is 0.167. The lowest BCUT2D eigenvalue weighted by Gasteiger charge is -2.18. The lowest BCUT2D eigenvalue weighted by molar-refractivity contribution is -0.153. The molecular formula is C17H19N3O6. The first-order valence-electron chi connectivity index (χ1n) is 7.96. The molecule has 0 bridgehead atoms. The molecule has 2 N–H and O–H groups in total. The van der Waals surface area contributed by atoms with E-state index in [4.69, 9.17) is 4.74 Å². The van der Waals surface area contributed by atoms with Crippen LogP contribution in [0.1, 0.15) is 31.1 Å². The molecule has 138 valence electrons. The Hall–Kier alpha value is -3.23. The van der Waals surface area contributed by atoms with Gasteiger partial charge >= 0.3 is 12.0 Å². The number of imide groups is 1. The van der Waals surface area contributed by atoms with Crippen molar-refractivity contribution < 1.29 is 28.7 Å². The van der Waals surface area contributed by atoms with E-state index in [1.54, 1.807) is 26.0 Å². The molecule has 9 heteroatoms. The maximum Gasteiger partial charge on any atom is 0.326 e. The van der Waals surface area contributed by atoms with Crippen molar-refractivity contribution >= 4 is 35.3 Å². The van der Waals surface area contributed by atoms with Crippen LogP contribution in [0.5, 0.6) is 0 Å². The number of ether oxygens (including phenoxy) is 1. The third-order valence-corrected chi connectivity index (χ3v) is 3.50. The molecule has 0 radical (unpaired) electrons. The lowest BCUT2D eigenvalue weighted by atomic mass is 10.1. The Kier molecular flexibility index (Phi) is 5.71. The third-order valence-electron chi connectivity index (χ3n) is 3.50. The fourth-order valence-corrected chi connectivity index (χ4v) is 2.33. The number of Topliss-reactive ketones (excluding diaryl/α,β-unsaturated/α-hetero) is 1. The number of hydrogen-bond donors (Lipinski definition) is 2. The molecule has 26 heavy (non-hydrogen) atoms. The second-order valence-corrected chi connectivity index (χ2v) is 5.99. The van der Waals surface area contributed by atoms with Crippen molar-refractivity contribution in [3.63, 3.8) is 0 Å². The predicted molar refractivity (Wildman–Crippen MR) is 90.5 cm³/mol. The van der Waals surface area contributed by atoms with Gasteiger partial charge in [0.05, 0.1) is 11.3 Å². The average molecular weight is 361 g/mol. The smallest absolute Gasteiger partial charge is 0.326 e. The summed E-state index contributed by atoms with van der Waals surface area (Å²) in [5.41, 5.74) is 0.523. The van der Waals surface area contributed by atoms with Gasteiger partial charge in [0.25, 0.3) is 17.6 Å². The first kappa shape index (κ1) is 19.1. The van der Waals surface area contributed by atoms with Crippen LogP contribution in [0.15, 0.2) is 24.3 Å². The highest BCUT2D eigenvalue weighted by atomic mass is 16.5. The number of hydrogen-bond acceptors (Lipinski definition) is 6. The largest absolute Gasteiger partial charge is 0.451 e. The number of fused-ring (bicyclic) bond motifs is 1. The summed E-state index contributed by atoms with van der Waals surface area (Å²) >= 11 is 0. The van der Waals surface area contributed by atoms with Crippen molar-refractivity contribution in [2.75, 3.05) is 11.4 Å². The van der Waals surface area contributed by atoms with E-state index in [0.717, 1.165) is 4.90 Å². The van der Waals surface area contributed by atoms with Gasteiger partial charge in [-0.05, 0) is 32.9 Å². The van der Waals surface area contributed by atoms with Crippen LogP contribution in [0.2, 0.25) is 0 Å². The highest BCUT2D eigenvalue weighted by Gasteiger charge is 2.37. The predicted octanol–water partition coefficient (Wildman–Crippen LogP) is 0.382. The Bertz CT molecular complexity index is 774. The number of nitrogens with one attached hydrogen (secondary N) is 2. The van der Waals surface area contributed by atoms with Crippen molar-refractivity contribution in [2.24, 2.45) is 0 Å². The summed E-state index contributed by atoms with van der Waals surface area (Å²) in [6.45, 7) is 4.22. The maximum absolute atomic E-state index is 12.0. The van der Waals surface area contributed by atoms with Gasteiger partial charge in [0.1, 0.15) is 6.54 Å². The summed E-state index contributed by atoms with van der Waals surface area (Å²) in [6, 6.07) is 5.40. The van der Waals surface area contributed by atoms with E-state index in [2.05, 4.69) is 5.32 Å². The molecule has 0 saturated carbocycles. The number of benzene rings is 1. The summed E-state index contributed by atoms with van der Waals surface area (Å²) in [5.74, 6) is -3.23. The number of para-hydroxylation sites is 1. The molecule has 0 aromatic heterocycles. The zero-order chi connectivity index (χ0) is 19.4. The van der Waals surface area contributed by atoms with Crippen LogP contribution in [-0.2, 0) is 19.1 Å². The van der Waals surface area contributed by atoms with Crippen LogP contribution in [0.25, 0.3) is 0 Å². The second-order valence-electron chi connectivity index (χ2n) is 5.99. The van der Waals surface area contributed by atoms with Crippen molar-refractivity contribution in [1.29, 1.82) is 0 Å². The Balaban J connectivity index is 1.94. The van der Waals surface area contributed by atoms with E-state index in [1.807, 2.05) is 5.32 Å². The van der Waals surface area contributed by atoms with Crippen LogP contribution in [0.3, 0.4) is 0 Å². The first-order valence-corrected chi connectivity index (χ1v) is 7.96. The molecule has 0 spiro atoms. The number of carbonyl (C=O) groups excluding carboxylic acids is 5. The number of anilines is 1. The average Bonchev–Trinajstić information content (AvgIpc) is 2.79. The topological polar surface area (TPSA) is 122 Å². The van der Waals surface area contributed by atoms with Gasteiger partial charge < -0.3 is 10.1 Å². The summed E-state index contributed by atoms with van der Waals surface area (Å²) < 4.78 is 4.94. The number of rotatable bonds is 5. The summed E-state index contributed by atoms with van der Waals surface area (Å²) in [7, 11) is 0. The Labute approximate surface area is 149 Å². The summed E-state index contributed by atoms with van der Waals surface area (Å²) in [5, 5.41) is 4.50. The normalized spacial score (nSPS) is 14.1. The SMILES string of the molecule is CC(C)NC(=O)NC(=O)[C@H](C)OC(=O)CN1C(=O)C(=O)c2ccccc21. The molecule has 1 aliphatic heterocycles. The van der Waals surface area contributed by atoms with Gasteiger partial charge in [0, 0.05) is 6.04 Å². The Morgan fingerprint density at radius 3 is 2.42 bits per heavy atom. The van der Waals surface area contributed by atoms with Gasteiger partial charge in [-0.15, -0.1) is 0 Å². The molecule has 0 fully saturated rings. The lowest BCUT2D eigenvalue weighted by Crippen LogP contribution is -2.47. The highest BCUT2D eigenvalue weighted by Crippen LogP contribution is 2.28. The van der Waals surface area contributed by atoms with E-state index in [9.17, 15) is 24.0 Å². The molecule has 0 aliphatic carbocycles. The van der Waals surface area contributed by atoms with E-state index < -0.39 is 42.2 Å². The van der Waals surface area contributed by atoms with Crippen molar-refractivity contribution in [3.05, 3.63) is 29.8 Å². The number of ketones is 1. The molecule has 0 unspecified atom stereocenters. The molecule has 4 amide bonds. The zero-order valence-corrected chi connectivity index (χ0v) is 14.6. The second kappa shape index (κ2) is 7.77. The Morgan fingerprint density at radius 1 is 1.12 bits per heavy atom. The van der Waals surface area contributed by atoms with Gasteiger partial charge in [-0.2, -0.15) is 0 Å². The molecule has 0 saturated heterocycles. The monoisotopic (exact) mass is 361 g/mol. The maximum atomic E-state index is 12.0. The number of urea groups is 1.